The minimum atomic E-state index is -0.606. The Morgan fingerprint density at radius 1 is 1.32 bits per heavy atom. The molecule has 1 aliphatic carbocycles. The van der Waals surface area contributed by atoms with Crippen molar-refractivity contribution in [1.29, 1.82) is 0 Å². The van der Waals surface area contributed by atoms with E-state index < -0.39 is 11.6 Å². The Morgan fingerprint density at radius 2 is 2.05 bits per heavy atom. The van der Waals surface area contributed by atoms with Gasteiger partial charge in [-0.3, -0.25) is 4.79 Å². The summed E-state index contributed by atoms with van der Waals surface area (Å²) in [6.45, 7) is 2.35. The molecule has 3 fully saturated rings. The highest BCUT2D eigenvalue weighted by Crippen LogP contribution is 2.65. The quantitative estimate of drug-likeness (QED) is 0.629. The third kappa shape index (κ3) is 1.95. The van der Waals surface area contributed by atoms with Gasteiger partial charge in [0.25, 0.3) is 0 Å². The second-order valence-electron chi connectivity index (χ2n) is 6.66. The molecule has 1 aromatic rings. The smallest absolute Gasteiger partial charge is 0.309 e. The first-order valence-corrected chi connectivity index (χ1v) is 7.87. The average molecular weight is 298 g/mol. The van der Waals surface area contributed by atoms with Gasteiger partial charge in [-0.25, -0.2) is 0 Å². The lowest BCUT2D eigenvalue weighted by atomic mass is 9.80. The van der Waals surface area contributed by atoms with Crippen LogP contribution in [0.1, 0.15) is 31.7 Å². The summed E-state index contributed by atoms with van der Waals surface area (Å²) in [6.07, 6.45) is 1.98. The van der Waals surface area contributed by atoms with Gasteiger partial charge in [0, 0.05) is 11.9 Å². The van der Waals surface area contributed by atoms with Crippen molar-refractivity contribution in [3.05, 3.63) is 35.9 Å². The van der Waals surface area contributed by atoms with E-state index in [0.717, 1.165) is 18.4 Å². The zero-order chi connectivity index (χ0) is 15.4. The lowest BCUT2D eigenvalue weighted by Gasteiger charge is -2.37. The molecule has 22 heavy (non-hydrogen) atoms. The number of benzene rings is 1. The lowest BCUT2D eigenvalue weighted by Crippen LogP contribution is -2.50. The standard InChI is InChI=1S/C17H19BO4/c1-11-14-15(18)22-17(11,16(21-14)7-8-16)9-13(19)20-10-12-5-3-2-4-6-12/h2-6,11,14-15H,7-10H2,1H3/t11?,14-,15+,17+/m0/s1. The van der Waals surface area contributed by atoms with Gasteiger partial charge in [0.05, 0.1) is 18.1 Å². The zero-order valence-corrected chi connectivity index (χ0v) is 12.7. The Bertz CT molecular complexity index is 586. The number of hydrogen-bond donors (Lipinski definition) is 0. The minimum absolute atomic E-state index is 0.107. The molecule has 0 N–H and O–H groups in total. The molecule has 1 saturated carbocycles. The van der Waals surface area contributed by atoms with Gasteiger partial charge < -0.3 is 14.2 Å². The number of fused-ring (bicyclic) bond motifs is 3. The van der Waals surface area contributed by atoms with Crippen LogP contribution < -0.4 is 0 Å². The molecule has 0 amide bonds. The SMILES string of the molecule is [B][C@@H]1O[C@]2(CC(=O)OCc3ccccc3)C(C)[C@@H]1OC21CC1. The van der Waals surface area contributed by atoms with Crippen LogP contribution in [0.2, 0.25) is 0 Å². The molecule has 1 aromatic carbocycles. The predicted molar refractivity (Wildman–Crippen MR) is 80.2 cm³/mol. The Balaban J connectivity index is 1.45. The van der Waals surface area contributed by atoms with Crippen molar-refractivity contribution in [2.45, 2.75) is 56.1 Å². The molecule has 1 spiro atoms. The summed E-state index contributed by atoms with van der Waals surface area (Å²) in [5.74, 6) is -0.130. The van der Waals surface area contributed by atoms with Gasteiger partial charge in [-0.05, 0) is 18.4 Å². The van der Waals surface area contributed by atoms with E-state index in [4.69, 9.17) is 22.1 Å². The number of carbonyl (C=O) groups excluding carboxylic acids is 1. The van der Waals surface area contributed by atoms with Crippen molar-refractivity contribution in [2.75, 3.05) is 0 Å². The molecule has 2 radical (unpaired) electrons. The number of carbonyl (C=O) groups is 1. The van der Waals surface area contributed by atoms with Crippen LogP contribution in [0.15, 0.2) is 30.3 Å². The molecule has 3 aliphatic rings. The summed E-state index contributed by atoms with van der Waals surface area (Å²) in [5.41, 5.74) is 0.0657. The second-order valence-corrected chi connectivity index (χ2v) is 6.66. The Labute approximate surface area is 131 Å². The van der Waals surface area contributed by atoms with Crippen molar-refractivity contribution in [3.8, 4) is 0 Å². The number of rotatable bonds is 4. The van der Waals surface area contributed by atoms with Crippen LogP contribution in [-0.4, -0.2) is 37.1 Å². The van der Waals surface area contributed by atoms with E-state index in [9.17, 15) is 4.79 Å². The second kappa shape index (κ2) is 4.83. The highest BCUT2D eigenvalue weighted by molar-refractivity contribution is 6.11. The fourth-order valence-electron chi connectivity index (χ4n) is 4.04. The van der Waals surface area contributed by atoms with Crippen LogP contribution >= 0.6 is 0 Å². The zero-order valence-electron chi connectivity index (χ0n) is 12.7. The van der Waals surface area contributed by atoms with Gasteiger partial charge in [0.1, 0.15) is 20.1 Å². The first-order chi connectivity index (χ1) is 10.6. The minimum Gasteiger partial charge on any atom is -0.461 e. The summed E-state index contributed by atoms with van der Waals surface area (Å²) in [5, 5.41) is 0. The summed E-state index contributed by atoms with van der Waals surface area (Å²) < 4.78 is 17.5. The summed E-state index contributed by atoms with van der Waals surface area (Å²) >= 11 is 0. The number of ether oxygens (including phenoxy) is 3. The van der Waals surface area contributed by atoms with Gasteiger partial charge in [-0.1, -0.05) is 37.3 Å². The molecule has 1 unspecified atom stereocenters. The Morgan fingerprint density at radius 3 is 2.68 bits per heavy atom. The highest BCUT2D eigenvalue weighted by Gasteiger charge is 2.76. The molecule has 4 rings (SSSR count). The first kappa shape index (κ1) is 14.3. The highest BCUT2D eigenvalue weighted by atomic mass is 16.6. The van der Waals surface area contributed by atoms with E-state index in [1.165, 1.54) is 0 Å². The molecule has 5 heteroatoms. The summed E-state index contributed by atoms with van der Waals surface area (Å²) in [7, 11) is 5.99. The van der Waals surface area contributed by atoms with Gasteiger partial charge in [-0.15, -0.1) is 0 Å². The average Bonchev–Trinajstić information content (AvgIpc) is 3.21. The fraction of sp³-hybridized carbons (Fsp3) is 0.588. The van der Waals surface area contributed by atoms with E-state index >= 15 is 0 Å². The van der Waals surface area contributed by atoms with Crippen molar-refractivity contribution >= 4 is 13.8 Å². The molecular weight excluding hydrogens is 279 g/mol. The van der Waals surface area contributed by atoms with Crippen LogP contribution in [0.3, 0.4) is 0 Å². The molecule has 4 atom stereocenters. The van der Waals surface area contributed by atoms with Crippen LogP contribution in [-0.2, 0) is 25.6 Å². The van der Waals surface area contributed by atoms with Crippen LogP contribution in [0.4, 0.5) is 0 Å². The van der Waals surface area contributed by atoms with Crippen LogP contribution in [0.5, 0.6) is 0 Å². The molecule has 2 saturated heterocycles. The largest absolute Gasteiger partial charge is 0.461 e. The van der Waals surface area contributed by atoms with Gasteiger partial charge in [0.2, 0.25) is 0 Å². The van der Waals surface area contributed by atoms with Crippen molar-refractivity contribution in [3.63, 3.8) is 0 Å². The molecule has 2 aliphatic heterocycles. The van der Waals surface area contributed by atoms with E-state index in [0.29, 0.717) is 0 Å². The molecule has 4 nitrogen and oxygen atoms in total. The molecule has 114 valence electrons. The van der Waals surface area contributed by atoms with Gasteiger partial charge in [0.15, 0.2) is 0 Å². The normalized spacial score (nSPS) is 37.4. The third-order valence-electron chi connectivity index (χ3n) is 5.39. The van der Waals surface area contributed by atoms with Crippen molar-refractivity contribution < 1.29 is 19.0 Å². The van der Waals surface area contributed by atoms with Gasteiger partial charge in [-0.2, -0.15) is 0 Å². The van der Waals surface area contributed by atoms with Crippen molar-refractivity contribution in [1.82, 2.24) is 0 Å². The maximum atomic E-state index is 12.3. The molecular formula is C17H19BO4. The van der Waals surface area contributed by atoms with E-state index in [-0.39, 0.29) is 36.6 Å². The maximum absolute atomic E-state index is 12.3. The summed E-state index contributed by atoms with van der Waals surface area (Å²) in [6, 6.07) is 9.23. The monoisotopic (exact) mass is 298 g/mol. The van der Waals surface area contributed by atoms with Crippen LogP contribution in [0, 0.1) is 5.92 Å². The maximum Gasteiger partial charge on any atom is 0.309 e. The predicted octanol–water partition coefficient (Wildman–Crippen LogP) is 1.95. The fourth-order valence-corrected chi connectivity index (χ4v) is 4.04. The van der Waals surface area contributed by atoms with Gasteiger partial charge >= 0.3 is 5.97 Å². The first-order valence-electron chi connectivity index (χ1n) is 7.87. The molecule has 0 aromatic heterocycles. The topological polar surface area (TPSA) is 44.8 Å². The van der Waals surface area contributed by atoms with E-state index in [1.54, 1.807) is 0 Å². The molecule has 2 heterocycles. The molecule has 2 bridgehead atoms. The summed E-state index contributed by atoms with van der Waals surface area (Å²) in [4.78, 5) is 12.3. The van der Waals surface area contributed by atoms with E-state index in [1.807, 2.05) is 30.3 Å². The Hall–Kier alpha value is -1.33. The number of esters is 1. The number of hydrogen-bond acceptors (Lipinski definition) is 4. The lowest BCUT2D eigenvalue weighted by molar-refractivity contribution is -0.189. The van der Waals surface area contributed by atoms with Crippen LogP contribution in [0.25, 0.3) is 0 Å². The van der Waals surface area contributed by atoms with Crippen molar-refractivity contribution in [2.24, 2.45) is 5.92 Å². The Kier molecular flexibility index (Phi) is 3.14. The van der Waals surface area contributed by atoms with E-state index in [2.05, 4.69) is 6.92 Å². The third-order valence-corrected chi connectivity index (χ3v) is 5.39.